The predicted molar refractivity (Wildman–Crippen MR) is 207 cm³/mol. The number of nitrogens with one attached hydrogen (secondary N) is 6. The maximum atomic E-state index is 13.6. The van der Waals surface area contributed by atoms with Gasteiger partial charge in [-0.05, 0) is 65.3 Å². The first-order chi connectivity index (χ1) is 26.2. The summed E-state index contributed by atoms with van der Waals surface area (Å²) < 4.78 is 0. The number of carbonyl (C=O) groups excluding carboxylic acids is 6. The molecule has 0 rings (SSSR count). The molecule has 0 aromatic heterocycles. The number of carbonyl (C=O) groups is 8. The van der Waals surface area contributed by atoms with Crippen molar-refractivity contribution >= 4 is 71.9 Å². The Morgan fingerprint density at radius 3 is 1.34 bits per heavy atom. The Hall–Kier alpha value is -5.43. The third kappa shape index (κ3) is 21.5. The summed E-state index contributed by atoms with van der Waals surface area (Å²) in [5, 5.41) is 33.1. The molecule has 7 atom stereocenters. The number of aliphatic carboxylic acids is 2. The normalized spacial score (nSPS) is 14.4. The number of amides is 6. The van der Waals surface area contributed by atoms with E-state index in [2.05, 4.69) is 54.5 Å². The molecule has 6 amide bonds. The summed E-state index contributed by atoms with van der Waals surface area (Å²) in [5.74, 6) is -9.02. The van der Waals surface area contributed by atoms with Gasteiger partial charge in [0.2, 0.25) is 35.4 Å². The van der Waals surface area contributed by atoms with E-state index < -0.39 is 96.1 Å². The van der Waals surface area contributed by atoms with E-state index in [1.165, 1.54) is 13.8 Å². The molecule has 318 valence electrons. The minimum Gasteiger partial charge on any atom is -0.481 e. The van der Waals surface area contributed by atoms with E-state index in [1.807, 2.05) is 0 Å². The van der Waals surface area contributed by atoms with Crippen LogP contribution < -0.4 is 66.3 Å². The van der Waals surface area contributed by atoms with Gasteiger partial charge in [0.25, 0.3) is 0 Å². The lowest BCUT2D eigenvalue weighted by Gasteiger charge is -2.27. The SMILES string of the molecule is C[C@H](N)C(=O)N[C@@H](CCCCN)C(=O)N[C@@H](CS)C(=O)N[C@@H](CCCN=C(N)N)C(=O)N[C@@H](CC(=O)O)C(=O)N[C@@H](CCCN=C(N)N)C(=O)N[C@@H](C)C(=O)O. The first-order valence-corrected chi connectivity index (χ1v) is 18.3. The highest BCUT2D eigenvalue weighted by molar-refractivity contribution is 7.80. The van der Waals surface area contributed by atoms with Crippen LogP contribution in [0.4, 0.5) is 0 Å². The monoisotopic (exact) mass is 818 g/mol. The number of nitrogens with zero attached hydrogens (tertiary/aromatic N) is 2. The van der Waals surface area contributed by atoms with Crippen molar-refractivity contribution in [3.8, 4) is 0 Å². The first-order valence-electron chi connectivity index (χ1n) is 17.7. The van der Waals surface area contributed by atoms with Gasteiger partial charge < -0.3 is 76.5 Å². The molecule has 0 bridgehead atoms. The smallest absolute Gasteiger partial charge is 0.325 e. The Bertz CT molecular complexity index is 1410. The Balaban J connectivity index is 6.32. The quantitative estimate of drug-likeness (QED) is 0.0151. The van der Waals surface area contributed by atoms with Crippen LogP contribution in [0.15, 0.2) is 9.98 Å². The van der Waals surface area contributed by atoms with Crippen molar-refractivity contribution in [1.82, 2.24) is 31.9 Å². The van der Waals surface area contributed by atoms with Crippen molar-refractivity contribution < 1.29 is 48.6 Å². The summed E-state index contributed by atoms with van der Waals surface area (Å²) in [6, 6.07) is -9.44. The van der Waals surface area contributed by atoms with Crippen molar-refractivity contribution in [2.45, 2.75) is 108 Å². The number of carboxylic acid groups (broad SMARTS) is 2. The fourth-order valence-corrected chi connectivity index (χ4v) is 4.91. The second-order valence-electron chi connectivity index (χ2n) is 12.6. The van der Waals surface area contributed by atoms with Crippen LogP contribution in [0.3, 0.4) is 0 Å². The second-order valence-corrected chi connectivity index (χ2v) is 13.0. The average Bonchev–Trinajstić information content (AvgIpc) is 3.11. The van der Waals surface area contributed by atoms with Crippen LogP contribution in [-0.4, -0.2) is 137 Å². The molecular weight excluding hydrogens is 760 g/mol. The van der Waals surface area contributed by atoms with Crippen LogP contribution >= 0.6 is 12.6 Å². The van der Waals surface area contributed by atoms with Gasteiger partial charge in [-0.2, -0.15) is 12.6 Å². The van der Waals surface area contributed by atoms with E-state index in [-0.39, 0.29) is 62.9 Å². The number of hydrogen-bond donors (Lipinski definition) is 15. The van der Waals surface area contributed by atoms with Gasteiger partial charge in [-0.3, -0.25) is 48.3 Å². The van der Waals surface area contributed by atoms with Crippen LogP contribution in [0.5, 0.6) is 0 Å². The highest BCUT2D eigenvalue weighted by Gasteiger charge is 2.33. The maximum Gasteiger partial charge on any atom is 0.325 e. The standard InChI is InChI=1S/C31H58N14O10S/c1-15(33)23(48)41-17(7-3-4-10-32)26(51)45-21(14-56)28(53)43-19(9-6-12-39-31(36)37)25(50)44-20(13-22(46)47)27(52)42-18(8-5-11-38-30(34)35)24(49)40-16(2)29(54)55/h15-21,56H,3-14,32-33H2,1-2H3,(H,40,49)(H,41,48)(H,42,52)(H,43,53)(H,44,50)(H,45,51)(H,46,47)(H,54,55)(H4,34,35,38)(H4,36,37,39)/t15-,16-,17-,18-,19-,20-,21-/m0/s1. The summed E-state index contributed by atoms with van der Waals surface area (Å²) >= 11 is 4.16. The number of guanidine groups is 2. The summed E-state index contributed by atoms with van der Waals surface area (Å²) in [7, 11) is 0. The molecule has 0 aliphatic carbocycles. The second kappa shape index (κ2) is 27.2. The molecule has 0 unspecified atom stereocenters. The molecule has 56 heavy (non-hydrogen) atoms. The van der Waals surface area contributed by atoms with E-state index in [0.717, 1.165) is 0 Å². The molecule has 0 aromatic carbocycles. The van der Waals surface area contributed by atoms with Crippen LogP contribution in [0, 0.1) is 0 Å². The maximum absolute atomic E-state index is 13.6. The number of rotatable bonds is 28. The van der Waals surface area contributed by atoms with Gasteiger partial charge >= 0.3 is 11.9 Å². The Morgan fingerprint density at radius 2 is 0.946 bits per heavy atom. The molecule has 0 aromatic rings. The van der Waals surface area contributed by atoms with Crippen molar-refractivity contribution in [2.75, 3.05) is 25.4 Å². The predicted octanol–water partition coefficient (Wildman–Crippen LogP) is -6.01. The number of hydrogen-bond acceptors (Lipinski definition) is 13. The minimum atomic E-state index is -1.81. The lowest BCUT2D eigenvalue weighted by Crippen LogP contribution is -2.60. The van der Waals surface area contributed by atoms with Gasteiger partial charge in [0.15, 0.2) is 11.9 Å². The molecule has 0 aliphatic rings. The number of carboxylic acids is 2. The molecular formula is C31H58N14O10S. The van der Waals surface area contributed by atoms with Crippen molar-refractivity contribution in [3.63, 3.8) is 0 Å². The zero-order valence-electron chi connectivity index (χ0n) is 31.5. The molecule has 25 heteroatoms. The molecule has 20 N–H and O–H groups in total. The summed E-state index contributed by atoms with van der Waals surface area (Å²) in [4.78, 5) is 110. The van der Waals surface area contributed by atoms with E-state index in [4.69, 9.17) is 34.4 Å². The topological polar surface area (TPSA) is 430 Å². The highest BCUT2D eigenvalue weighted by Crippen LogP contribution is 2.07. The van der Waals surface area contributed by atoms with Gasteiger partial charge in [0.05, 0.1) is 12.5 Å². The number of unbranched alkanes of at least 4 members (excludes halogenated alkanes) is 1. The summed E-state index contributed by atoms with van der Waals surface area (Å²) in [6.07, 6.45) is 0.124. The van der Waals surface area contributed by atoms with Crippen LogP contribution in [0.1, 0.15) is 65.2 Å². The van der Waals surface area contributed by atoms with E-state index in [0.29, 0.717) is 19.4 Å². The number of thiol groups is 1. The molecule has 0 aliphatic heterocycles. The fraction of sp³-hybridized carbons (Fsp3) is 0.677. The third-order valence-corrected chi connectivity index (χ3v) is 8.07. The van der Waals surface area contributed by atoms with Gasteiger partial charge in [-0.15, -0.1) is 0 Å². The molecule has 24 nitrogen and oxygen atoms in total. The third-order valence-electron chi connectivity index (χ3n) is 7.71. The lowest BCUT2D eigenvalue weighted by atomic mass is 10.1. The van der Waals surface area contributed by atoms with Gasteiger partial charge in [-0.1, -0.05) is 0 Å². The number of nitrogens with two attached hydrogens (primary N) is 6. The highest BCUT2D eigenvalue weighted by atomic mass is 32.1. The van der Waals surface area contributed by atoms with Crippen molar-refractivity contribution in [2.24, 2.45) is 44.4 Å². The van der Waals surface area contributed by atoms with Crippen molar-refractivity contribution in [3.05, 3.63) is 0 Å². The number of aliphatic imine (C=N–C) groups is 2. The average molecular weight is 819 g/mol. The fourth-order valence-electron chi connectivity index (χ4n) is 4.65. The minimum absolute atomic E-state index is 0.00289. The summed E-state index contributed by atoms with van der Waals surface area (Å²) in [6.45, 7) is 2.97. The Morgan fingerprint density at radius 1 is 0.571 bits per heavy atom. The van der Waals surface area contributed by atoms with E-state index >= 15 is 0 Å². The van der Waals surface area contributed by atoms with Crippen LogP contribution in [0.25, 0.3) is 0 Å². The zero-order chi connectivity index (χ0) is 43.0. The van der Waals surface area contributed by atoms with Gasteiger partial charge in [0, 0.05) is 18.8 Å². The molecule has 0 saturated heterocycles. The van der Waals surface area contributed by atoms with E-state index in [1.54, 1.807) is 0 Å². The molecule has 0 spiro atoms. The van der Waals surface area contributed by atoms with Gasteiger partial charge in [-0.25, -0.2) is 0 Å². The summed E-state index contributed by atoms with van der Waals surface area (Å²) in [5.41, 5.74) is 32.6. The Kier molecular flexibility index (Phi) is 24.6. The van der Waals surface area contributed by atoms with E-state index in [9.17, 15) is 48.6 Å². The van der Waals surface area contributed by atoms with Crippen LogP contribution in [-0.2, 0) is 38.4 Å². The molecule has 0 radical (unpaired) electrons. The Labute approximate surface area is 329 Å². The molecule has 0 saturated carbocycles. The zero-order valence-corrected chi connectivity index (χ0v) is 32.4. The lowest BCUT2D eigenvalue weighted by molar-refractivity contribution is -0.143. The molecule has 0 heterocycles. The first kappa shape index (κ1) is 50.6. The molecule has 0 fully saturated rings. The van der Waals surface area contributed by atoms with Crippen molar-refractivity contribution in [1.29, 1.82) is 0 Å². The largest absolute Gasteiger partial charge is 0.481 e. The van der Waals surface area contributed by atoms with Gasteiger partial charge in [0.1, 0.15) is 36.3 Å². The van der Waals surface area contributed by atoms with Crippen LogP contribution in [0.2, 0.25) is 0 Å².